The molecule has 2 fully saturated rings. The third kappa shape index (κ3) is 6.83. The van der Waals surface area contributed by atoms with Crippen LogP contribution >= 0.6 is 0 Å². The van der Waals surface area contributed by atoms with Gasteiger partial charge in [-0.2, -0.15) is 0 Å². The van der Waals surface area contributed by atoms with Gasteiger partial charge < -0.3 is 4.74 Å². The molecule has 1 aromatic carbocycles. The summed E-state index contributed by atoms with van der Waals surface area (Å²) >= 11 is 0. The Morgan fingerprint density at radius 2 is 1.61 bits per heavy atom. The van der Waals surface area contributed by atoms with Gasteiger partial charge in [0, 0.05) is 6.61 Å². The van der Waals surface area contributed by atoms with Crippen LogP contribution in [0.5, 0.6) is 0 Å². The monoisotopic (exact) mass is 456 g/mol. The van der Waals surface area contributed by atoms with E-state index < -0.39 is 0 Å². The van der Waals surface area contributed by atoms with Crippen molar-refractivity contribution in [3.8, 4) is 0 Å². The zero-order valence-corrected chi connectivity index (χ0v) is 21.6. The van der Waals surface area contributed by atoms with Crippen molar-refractivity contribution < 1.29 is 9.13 Å². The molecule has 0 spiro atoms. The molecule has 5 unspecified atom stereocenters. The molecule has 2 heteroatoms. The van der Waals surface area contributed by atoms with Crippen LogP contribution in [0, 0.1) is 23.6 Å². The Morgan fingerprint density at radius 3 is 2.45 bits per heavy atom. The molecule has 0 N–H and O–H groups in total. The number of rotatable bonds is 11. The standard InChI is InChI=1S/C31H49FO/c1-3-5-7-8-9-10-23-11-12-26-21-30(31(32)22-28(26)18-23)27-14-13-25-20-29(33-17-6-4-2)16-15-24(25)19-27/h21-25,27,29H,3-20H2,1-2H3. The van der Waals surface area contributed by atoms with Crippen LogP contribution in [0.25, 0.3) is 0 Å². The minimum absolute atomic E-state index is 0.0948. The third-order valence-electron chi connectivity index (χ3n) is 9.22. The summed E-state index contributed by atoms with van der Waals surface area (Å²) in [5.74, 6) is 2.89. The molecule has 3 aliphatic carbocycles. The molecular formula is C31H49FO. The van der Waals surface area contributed by atoms with Gasteiger partial charge in [0.05, 0.1) is 6.10 Å². The predicted octanol–water partition coefficient (Wildman–Crippen LogP) is 9.16. The molecule has 3 aliphatic rings. The Balaban J connectivity index is 1.29. The van der Waals surface area contributed by atoms with E-state index in [9.17, 15) is 0 Å². The molecule has 4 rings (SSSR count). The Labute approximate surface area is 203 Å². The smallest absolute Gasteiger partial charge is 0.126 e. The Morgan fingerprint density at radius 1 is 0.818 bits per heavy atom. The largest absolute Gasteiger partial charge is 0.378 e. The molecular weight excluding hydrogens is 407 g/mol. The number of halogens is 1. The van der Waals surface area contributed by atoms with Crippen molar-refractivity contribution in [2.75, 3.05) is 6.61 Å². The molecule has 0 bridgehead atoms. The lowest BCUT2D eigenvalue weighted by atomic mass is 9.65. The second kappa shape index (κ2) is 12.7. The molecule has 0 heterocycles. The molecule has 5 atom stereocenters. The van der Waals surface area contributed by atoms with E-state index in [0.717, 1.165) is 42.8 Å². The van der Waals surface area contributed by atoms with Crippen LogP contribution in [0.15, 0.2) is 12.1 Å². The van der Waals surface area contributed by atoms with Gasteiger partial charge in [0.2, 0.25) is 0 Å². The minimum atomic E-state index is 0.0948. The molecule has 0 saturated heterocycles. The van der Waals surface area contributed by atoms with Crippen LogP contribution in [0.1, 0.15) is 133 Å². The van der Waals surface area contributed by atoms with Crippen LogP contribution in [-0.4, -0.2) is 12.7 Å². The lowest BCUT2D eigenvalue weighted by molar-refractivity contribution is -0.0161. The molecule has 0 amide bonds. The summed E-state index contributed by atoms with van der Waals surface area (Å²) in [4.78, 5) is 0. The van der Waals surface area contributed by atoms with Crippen LogP contribution in [0.2, 0.25) is 0 Å². The van der Waals surface area contributed by atoms with Crippen molar-refractivity contribution in [1.29, 1.82) is 0 Å². The van der Waals surface area contributed by atoms with Crippen LogP contribution in [0.4, 0.5) is 4.39 Å². The summed E-state index contributed by atoms with van der Waals surface area (Å²) in [6.45, 7) is 5.44. The molecule has 1 nitrogen and oxygen atoms in total. The summed E-state index contributed by atoms with van der Waals surface area (Å²) < 4.78 is 21.5. The van der Waals surface area contributed by atoms with Crippen molar-refractivity contribution in [3.63, 3.8) is 0 Å². The summed E-state index contributed by atoms with van der Waals surface area (Å²) in [7, 11) is 0. The van der Waals surface area contributed by atoms with Gasteiger partial charge in [-0.15, -0.1) is 0 Å². The summed E-state index contributed by atoms with van der Waals surface area (Å²) in [5, 5.41) is 0. The molecule has 0 aromatic heterocycles. The SMILES string of the molecule is CCCCCCCC1CCc2cc(C3CCC4CC(OCCCC)CCC4C3)c(F)cc2C1. The first-order valence-corrected chi connectivity index (χ1v) is 14.6. The maximum absolute atomic E-state index is 15.3. The maximum atomic E-state index is 15.3. The number of unbranched alkanes of at least 4 members (excludes halogenated alkanes) is 5. The lowest BCUT2D eigenvalue weighted by Crippen LogP contribution is -2.34. The highest BCUT2D eigenvalue weighted by atomic mass is 19.1. The van der Waals surface area contributed by atoms with E-state index in [2.05, 4.69) is 19.9 Å². The zero-order valence-electron chi connectivity index (χ0n) is 21.6. The predicted molar refractivity (Wildman–Crippen MR) is 137 cm³/mol. The number of hydrogen-bond acceptors (Lipinski definition) is 1. The average Bonchev–Trinajstić information content (AvgIpc) is 2.83. The third-order valence-corrected chi connectivity index (χ3v) is 9.22. The second-order valence-corrected chi connectivity index (χ2v) is 11.6. The van der Waals surface area contributed by atoms with Gasteiger partial charge in [0.1, 0.15) is 5.82 Å². The second-order valence-electron chi connectivity index (χ2n) is 11.6. The highest BCUT2D eigenvalue weighted by Gasteiger charge is 2.37. The van der Waals surface area contributed by atoms with Crippen LogP contribution < -0.4 is 0 Å². The van der Waals surface area contributed by atoms with E-state index in [1.165, 1.54) is 107 Å². The Bertz CT molecular complexity index is 728. The van der Waals surface area contributed by atoms with Gasteiger partial charge in [-0.25, -0.2) is 4.39 Å². The molecule has 33 heavy (non-hydrogen) atoms. The van der Waals surface area contributed by atoms with E-state index in [4.69, 9.17) is 4.74 Å². The molecule has 186 valence electrons. The molecule has 1 aromatic rings. The topological polar surface area (TPSA) is 9.23 Å². The molecule has 0 aliphatic heterocycles. The van der Waals surface area contributed by atoms with Crippen molar-refractivity contribution in [2.45, 2.75) is 135 Å². The van der Waals surface area contributed by atoms with E-state index >= 15 is 4.39 Å². The highest BCUT2D eigenvalue weighted by molar-refractivity contribution is 5.37. The number of hydrogen-bond donors (Lipinski definition) is 0. The number of benzene rings is 1. The Hall–Kier alpha value is -0.890. The first-order chi connectivity index (χ1) is 16.2. The fourth-order valence-electron chi connectivity index (χ4n) is 7.14. The van der Waals surface area contributed by atoms with E-state index in [-0.39, 0.29) is 5.82 Å². The fraction of sp³-hybridized carbons (Fsp3) is 0.806. The van der Waals surface area contributed by atoms with Crippen molar-refractivity contribution in [2.24, 2.45) is 17.8 Å². The molecule has 2 saturated carbocycles. The van der Waals surface area contributed by atoms with Gasteiger partial charge in [-0.3, -0.25) is 0 Å². The van der Waals surface area contributed by atoms with Gasteiger partial charge >= 0.3 is 0 Å². The van der Waals surface area contributed by atoms with Crippen molar-refractivity contribution >= 4 is 0 Å². The first-order valence-electron chi connectivity index (χ1n) is 14.6. The quantitative estimate of drug-likeness (QED) is 0.302. The van der Waals surface area contributed by atoms with Crippen LogP contribution in [0.3, 0.4) is 0 Å². The van der Waals surface area contributed by atoms with E-state index in [0.29, 0.717) is 12.0 Å². The average molecular weight is 457 g/mol. The van der Waals surface area contributed by atoms with Gasteiger partial charge in [0.25, 0.3) is 0 Å². The minimum Gasteiger partial charge on any atom is -0.378 e. The Kier molecular flexibility index (Phi) is 9.71. The van der Waals surface area contributed by atoms with Crippen molar-refractivity contribution in [1.82, 2.24) is 0 Å². The normalized spacial score (nSPS) is 29.5. The van der Waals surface area contributed by atoms with Crippen molar-refractivity contribution in [3.05, 3.63) is 34.6 Å². The summed E-state index contributed by atoms with van der Waals surface area (Å²) in [6.07, 6.45) is 22.0. The lowest BCUT2D eigenvalue weighted by Gasteiger charge is -2.42. The number of ether oxygens (including phenoxy) is 1. The number of aryl methyl sites for hydroxylation is 1. The first kappa shape index (κ1) is 25.2. The van der Waals surface area contributed by atoms with Gasteiger partial charge in [-0.05, 0) is 111 Å². The highest BCUT2D eigenvalue weighted by Crippen LogP contribution is 2.47. The number of fused-ring (bicyclic) bond motifs is 2. The zero-order chi connectivity index (χ0) is 23.0. The van der Waals surface area contributed by atoms with E-state index in [1.807, 2.05) is 6.07 Å². The molecule has 0 radical (unpaired) electrons. The van der Waals surface area contributed by atoms with Crippen LogP contribution in [-0.2, 0) is 17.6 Å². The van der Waals surface area contributed by atoms with Gasteiger partial charge in [-0.1, -0.05) is 64.9 Å². The summed E-state index contributed by atoms with van der Waals surface area (Å²) in [5.41, 5.74) is 3.83. The van der Waals surface area contributed by atoms with E-state index in [1.54, 1.807) is 0 Å². The maximum Gasteiger partial charge on any atom is 0.126 e. The summed E-state index contributed by atoms with van der Waals surface area (Å²) in [6, 6.07) is 4.24. The fourth-order valence-corrected chi connectivity index (χ4v) is 7.14. The van der Waals surface area contributed by atoms with Gasteiger partial charge in [0.15, 0.2) is 0 Å².